The van der Waals surface area contributed by atoms with Gasteiger partial charge in [0.1, 0.15) is 29.7 Å². The lowest BCUT2D eigenvalue weighted by molar-refractivity contribution is -0.139. The zero-order chi connectivity index (χ0) is 32.1. The zero-order valence-electron chi connectivity index (χ0n) is 26.7. The number of carboxylic acids is 1. The third-order valence-corrected chi connectivity index (χ3v) is 8.59. The Morgan fingerprint density at radius 3 is 2.56 bits per heavy atom. The van der Waals surface area contributed by atoms with E-state index in [9.17, 15) is 19.5 Å². The first-order valence-corrected chi connectivity index (χ1v) is 16.0. The van der Waals surface area contributed by atoms with Crippen LogP contribution >= 0.6 is 0 Å². The number of carbonyl (C=O) groups is 3. The van der Waals surface area contributed by atoms with Crippen LogP contribution in [-0.4, -0.2) is 59.5 Å². The van der Waals surface area contributed by atoms with E-state index in [1.165, 1.54) is 24.8 Å². The van der Waals surface area contributed by atoms with Gasteiger partial charge in [-0.3, -0.25) is 4.79 Å². The van der Waals surface area contributed by atoms with Crippen molar-refractivity contribution < 1.29 is 33.7 Å². The normalized spacial score (nSPS) is 15.6. The van der Waals surface area contributed by atoms with Gasteiger partial charge in [-0.25, -0.2) is 9.59 Å². The molecule has 1 fully saturated rings. The van der Waals surface area contributed by atoms with Crippen molar-refractivity contribution >= 4 is 28.9 Å². The molecule has 10 nitrogen and oxygen atoms in total. The molecule has 1 aliphatic carbocycles. The SMILES string of the molecule is COc1ccc2c(c1)OCCn1c-2c(C2CCCCC2)c2ccc(C(=O)N[C@@H](CCCCNC(=O)OC(C)(C)C)C(=O)O)cc21. The average molecular weight is 620 g/mol. The monoisotopic (exact) mass is 619 g/mol. The number of carboxylic acid groups (broad SMARTS) is 1. The molecule has 1 saturated carbocycles. The standard InChI is InChI=1S/C35H45N3O7/c1-35(2,3)45-34(42)36-17-9-8-12-27(33(40)41)37-32(39)23-13-15-25-28(20-23)38-18-19-44-29-21-24(43-4)14-16-26(29)31(38)30(25)22-10-6-5-7-11-22/h13-16,20-22,27H,5-12,17-19H2,1-4H3,(H,36,42)(H,37,39)(H,40,41)/t27-/m0/s1. The molecule has 45 heavy (non-hydrogen) atoms. The number of ether oxygens (including phenoxy) is 3. The van der Waals surface area contributed by atoms with Crippen molar-refractivity contribution in [1.82, 2.24) is 15.2 Å². The van der Waals surface area contributed by atoms with Gasteiger partial charge in [0.05, 0.1) is 19.3 Å². The first-order chi connectivity index (χ1) is 21.6. The van der Waals surface area contributed by atoms with Crippen LogP contribution < -0.4 is 20.1 Å². The Labute approximate surface area is 264 Å². The second kappa shape index (κ2) is 13.8. The number of aromatic nitrogens is 1. The second-order valence-electron chi connectivity index (χ2n) is 13.0. The number of hydrogen-bond donors (Lipinski definition) is 3. The molecule has 2 aromatic carbocycles. The summed E-state index contributed by atoms with van der Waals surface area (Å²) >= 11 is 0. The predicted octanol–water partition coefficient (Wildman–Crippen LogP) is 6.64. The summed E-state index contributed by atoms with van der Waals surface area (Å²) in [6, 6.07) is 10.6. The molecule has 2 aliphatic rings. The number of benzene rings is 2. The fraction of sp³-hybridized carbons (Fsp3) is 0.514. The molecule has 242 valence electrons. The fourth-order valence-corrected chi connectivity index (χ4v) is 6.51. The number of nitrogens with one attached hydrogen (secondary N) is 2. The number of unbranched alkanes of at least 4 members (excludes halogenated alkanes) is 1. The van der Waals surface area contributed by atoms with Gasteiger partial charge in [-0.2, -0.15) is 0 Å². The molecule has 3 N–H and O–H groups in total. The summed E-state index contributed by atoms with van der Waals surface area (Å²) in [7, 11) is 1.65. The molecule has 0 spiro atoms. The molecule has 0 radical (unpaired) electrons. The van der Waals surface area contributed by atoms with Crippen LogP contribution in [0.1, 0.15) is 94.0 Å². The molecule has 0 unspecified atom stereocenters. The van der Waals surface area contributed by atoms with Crippen LogP contribution in [-0.2, 0) is 16.1 Å². The summed E-state index contributed by atoms with van der Waals surface area (Å²) in [5.41, 5.74) is 4.23. The van der Waals surface area contributed by atoms with Crippen molar-refractivity contribution in [3.05, 3.63) is 47.5 Å². The van der Waals surface area contributed by atoms with E-state index in [0.717, 1.165) is 46.5 Å². The summed E-state index contributed by atoms with van der Waals surface area (Å²) in [6.07, 6.45) is 6.66. The topological polar surface area (TPSA) is 128 Å². The molecule has 1 aromatic heterocycles. The number of methoxy groups -OCH3 is 1. The number of nitrogens with zero attached hydrogens (tertiary/aromatic N) is 1. The molecule has 2 heterocycles. The van der Waals surface area contributed by atoms with Crippen molar-refractivity contribution in [3.8, 4) is 22.8 Å². The summed E-state index contributed by atoms with van der Waals surface area (Å²) in [5.74, 6) is 0.414. The quantitative estimate of drug-likeness (QED) is 0.217. The highest BCUT2D eigenvalue weighted by atomic mass is 16.6. The van der Waals surface area contributed by atoms with E-state index in [1.54, 1.807) is 33.9 Å². The van der Waals surface area contributed by atoms with Crippen molar-refractivity contribution in [2.75, 3.05) is 20.3 Å². The number of fused-ring (bicyclic) bond motifs is 5. The number of aliphatic carboxylic acids is 1. The maximum absolute atomic E-state index is 13.4. The zero-order valence-corrected chi connectivity index (χ0v) is 26.7. The second-order valence-corrected chi connectivity index (χ2v) is 13.0. The third-order valence-electron chi connectivity index (χ3n) is 8.59. The number of amides is 2. The van der Waals surface area contributed by atoms with Crippen LogP contribution in [0.25, 0.3) is 22.2 Å². The maximum Gasteiger partial charge on any atom is 0.407 e. The van der Waals surface area contributed by atoms with Gasteiger partial charge in [-0.05, 0) is 88.6 Å². The minimum atomic E-state index is -1.09. The molecule has 3 aromatic rings. The van der Waals surface area contributed by atoms with Crippen molar-refractivity contribution in [2.24, 2.45) is 0 Å². The lowest BCUT2D eigenvalue weighted by Gasteiger charge is -2.23. The van der Waals surface area contributed by atoms with Crippen LogP contribution in [0.5, 0.6) is 11.5 Å². The molecule has 1 atom stereocenters. The largest absolute Gasteiger partial charge is 0.497 e. The minimum absolute atomic E-state index is 0.239. The van der Waals surface area contributed by atoms with E-state index in [0.29, 0.717) is 44.0 Å². The Morgan fingerprint density at radius 1 is 1.07 bits per heavy atom. The van der Waals surface area contributed by atoms with Crippen molar-refractivity contribution in [1.29, 1.82) is 0 Å². The van der Waals surface area contributed by atoms with Gasteiger partial charge in [0, 0.05) is 34.6 Å². The fourth-order valence-electron chi connectivity index (χ4n) is 6.51. The van der Waals surface area contributed by atoms with E-state index in [1.807, 2.05) is 24.3 Å². The molecule has 2 amide bonds. The molecule has 5 rings (SSSR count). The Bertz CT molecular complexity index is 1550. The molecular weight excluding hydrogens is 574 g/mol. The van der Waals surface area contributed by atoms with E-state index < -0.39 is 29.6 Å². The van der Waals surface area contributed by atoms with Gasteiger partial charge in [0.2, 0.25) is 0 Å². The van der Waals surface area contributed by atoms with Gasteiger partial charge in [0.15, 0.2) is 0 Å². The highest BCUT2D eigenvalue weighted by Crippen LogP contribution is 2.47. The average Bonchev–Trinajstić information content (AvgIpc) is 3.20. The molecule has 10 heteroatoms. The molecular formula is C35H45N3O7. The Balaban J connectivity index is 1.37. The molecule has 1 aliphatic heterocycles. The summed E-state index contributed by atoms with van der Waals surface area (Å²) < 4.78 is 19.2. The third kappa shape index (κ3) is 7.54. The summed E-state index contributed by atoms with van der Waals surface area (Å²) in [4.78, 5) is 37.3. The highest BCUT2D eigenvalue weighted by Gasteiger charge is 2.30. The van der Waals surface area contributed by atoms with E-state index in [-0.39, 0.29) is 6.42 Å². The van der Waals surface area contributed by atoms with Crippen LogP contribution in [0.4, 0.5) is 4.79 Å². The Morgan fingerprint density at radius 2 is 1.84 bits per heavy atom. The van der Waals surface area contributed by atoms with Crippen molar-refractivity contribution in [3.63, 3.8) is 0 Å². The van der Waals surface area contributed by atoms with Crippen LogP contribution in [0.3, 0.4) is 0 Å². The summed E-state index contributed by atoms with van der Waals surface area (Å²) in [6.45, 7) is 6.82. The number of carbonyl (C=O) groups excluding carboxylic acids is 2. The van der Waals surface area contributed by atoms with Crippen LogP contribution in [0, 0.1) is 0 Å². The highest BCUT2D eigenvalue weighted by molar-refractivity contribution is 6.02. The first-order valence-electron chi connectivity index (χ1n) is 16.0. The van der Waals surface area contributed by atoms with Crippen LogP contribution in [0.2, 0.25) is 0 Å². The smallest absolute Gasteiger partial charge is 0.407 e. The summed E-state index contributed by atoms with van der Waals surface area (Å²) in [5, 5.41) is 16.4. The van der Waals surface area contributed by atoms with E-state index in [4.69, 9.17) is 14.2 Å². The lowest BCUT2D eigenvalue weighted by Crippen LogP contribution is -2.41. The Hall–Kier alpha value is -4.21. The van der Waals surface area contributed by atoms with Crippen molar-refractivity contribution in [2.45, 2.75) is 96.2 Å². The first kappa shape index (κ1) is 32.2. The van der Waals surface area contributed by atoms with Crippen LogP contribution in [0.15, 0.2) is 36.4 Å². The lowest BCUT2D eigenvalue weighted by atomic mass is 9.81. The number of hydrogen-bond acceptors (Lipinski definition) is 6. The van der Waals surface area contributed by atoms with E-state index >= 15 is 0 Å². The molecule has 0 bridgehead atoms. The maximum atomic E-state index is 13.4. The molecule has 0 saturated heterocycles. The van der Waals surface area contributed by atoms with E-state index in [2.05, 4.69) is 21.3 Å². The van der Waals surface area contributed by atoms with Gasteiger partial charge < -0.3 is 34.5 Å². The number of alkyl carbamates (subject to hydrolysis) is 1. The predicted molar refractivity (Wildman–Crippen MR) is 172 cm³/mol. The Kier molecular flexibility index (Phi) is 9.90. The van der Waals surface area contributed by atoms with Gasteiger partial charge in [0.25, 0.3) is 5.91 Å². The van der Waals surface area contributed by atoms with Gasteiger partial charge in [-0.15, -0.1) is 0 Å². The van der Waals surface area contributed by atoms with Gasteiger partial charge in [-0.1, -0.05) is 25.3 Å². The minimum Gasteiger partial charge on any atom is -0.497 e. The van der Waals surface area contributed by atoms with Gasteiger partial charge >= 0.3 is 12.1 Å². The number of rotatable bonds is 10.